The van der Waals surface area contributed by atoms with Crippen molar-refractivity contribution in [2.75, 3.05) is 46.0 Å². The molecule has 2 aliphatic heterocycles. The smallest absolute Gasteiger partial charge is 0.249 e. The van der Waals surface area contributed by atoms with Gasteiger partial charge in [-0.1, -0.05) is 0 Å². The first kappa shape index (κ1) is 11.8. The Labute approximate surface area is 96.1 Å². The fraction of sp³-hybridized carbons (Fsp3) is 0.909. The first-order valence-electron chi connectivity index (χ1n) is 6.06. The third-order valence-electron chi connectivity index (χ3n) is 3.07. The molecule has 2 saturated heterocycles. The Hall–Kier alpha value is -0.650. The van der Waals surface area contributed by atoms with E-state index in [-0.39, 0.29) is 12.0 Å². The number of carbonyl (C=O) groups is 1. The molecular weight excluding hydrogens is 208 g/mol. The number of hydrogen-bond acceptors (Lipinski definition) is 4. The second-order valence-electron chi connectivity index (χ2n) is 4.25. The zero-order valence-electron chi connectivity index (χ0n) is 9.61. The highest BCUT2D eigenvalue weighted by Gasteiger charge is 2.22. The van der Waals surface area contributed by atoms with Gasteiger partial charge in [-0.05, 0) is 12.8 Å². The second kappa shape index (κ2) is 6.18. The van der Waals surface area contributed by atoms with Crippen LogP contribution in [0.15, 0.2) is 0 Å². The minimum absolute atomic E-state index is 0.0493. The van der Waals surface area contributed by atoms with Gasteiger partial charge in [0.2, 0.25) is 5.91 Å². The molecule has 0 spiro atoms. The van der Waals surface area contributed by atoms with E-state index in [1.54, 1.807) is 0 Å². The van der Waals surface area contributed by atoms with E-state index in [2.05, 4.69) is 10.2 Å². The molecule has 0 bridgehead atoms. The summed E-state index contributed by atoms with van der Waals surface area (Å²) in [6.45, 7) is 5.89. The van der Waals surface area contributed by atoms with Crippen LogP contribution in [0.2, 0.25) is 0 Å². The van der Waals surface area contributed by atoms with Gasteiger partial charge in [-0.3, -0.25) is 9.69 Å². The normalized spacial score (nSPS) is 27.8. The Morgan fingerprint density at radius 3 is 3.00 bits per heavy atom. The molecule has 0 saturated carbocycles. The number of rotatable bonds is 4. The molecule has 2 heterocycles. The van der Waals surface area contributed by atoms with Crippen LogP contribution in [0.1, 0.15) is 12.8 Å². The molecule has 1 N–H and O–H groups in total. The van der Waals surface area contributed by atoms with Crippen LogP contribution < -0.4 is 5.32 Å². The topological polar surface area (TPSA) is 50.8 Å². The van der Waals surface area contributed by atoms with Gasteiger partial charge in [-0.15, -0.1) is 0 Å². The Kier molecular flexibility index (Phi) is 4.56. The van der Waals surface area contributed by atoms with Gasteiger partial charge in [0.15, 0.2) is 0 Å². The third-order valence-corrected chi connectivity index (χ3v) is 3.07. The fourth-order valence-electron chi connectivity index (χ4n) is 2.05. The molecule has 1 unspecified atom stereocenters. The Morgan fingerprint density at radius 1 is 1.44 bits per heavy atom. The molecule has 0 aromatic carbocycles. The Balaban J connectivity index is 1.61. The fourth-order valence-corrected chi connectivity index (χ4v) is 2.05. The van der Waals surface area contributed by atoms with Crippen LogP contribution in [-0.2, 0) is 14.3 Å². The number of amides is 1. The summed E-state index contributed by atoms with van der Waals surface area (Å²) in [5.74, 6) is 0.0493. The Morgan fingerprint density at radius 2 is 2.25 bits per heavy atom. The van der Waals surface area contributed by atoms with Gasteiger partial charge in [0, 0.05) is 26.2 Å². The summed E-state index contributed by atoms with van der Waals surface area (Å²) < 4.78 is 10.9. The largest absolute Gasteiger partial charge is 0.379 e. The van der Waals surface area contributed by atoms with Crippen LogP contribution in [0.25, 0.3) is 0 Å². The van der Waals surface area contributed by atoms with Gasteiger partial charge >= 0.3 is 0 Å². The molecule has 16 heavy (non-hydrogen) atoms. The molecule has 0 aliphatic carbocycles. The van der Waals surface area contributed by atoms with E-state index in [9.17, 15) is 4.79 Å². The van der Waals surface area contributed by atoms with Crippen molar-refractivity contribution >= 4 is 5.91 Å². The summed E-state index contributed by atoms with van der Waals surface area (Å²) >= 11 is 0. The van der Waals surface area contributed by atoms with E-state index in [4.69, 9.17) is 9.47 Å². The maximum Gasteiger partial charge on any atom is 0.249 e. The van der Waals surface area contributed by atoms with Crippen LogP contribution in [0.4, 0.5) is 0 Å². The van der Waals surface area contributed by atoms with Gasteiger partial charge in [0.25, 0.3) is 0 Å². The molecule has 1 amide bonds. The van der Waals surface area contributed by atoms with Gasteiger partial charge in [0.1, 0.15) is 6.10 Å². The number of piperidine rings is 1. The van der Waals surface area contributed by atoms with E-state index in [1.165, 1.54) is 0 Å². The van der Waals surface area contributed by atoms with E-state index in [0.29, 0.717) is 6.61 Å². The molecule has 0 aromatic rings. The second-order valence-corrected chi connectivity index (χ2v) is 4.25. The first-order chi connectivity index (χ1) is 7.86. The molecule has 2 aliphatic rings. The summed E-state index contributed by atoms with van der Waals surface area (Å²) in [7, 11) is 0. The highest BCUT2D eigenvalue weighted by atomic mass is 16.5. The molecule has 2 rings (SSSR count). The average Bonchev–Trinajstić information content (AvgIpc) is 2.33. The summed E-state index contributed by atoms with van der Waals surface area (Å²) in [5, 5.41) is 2.82. The standard InChI is InChI=1S/C11H20N2O3/c14-11-10(2-1-3-12-11)16-9-6-13-4-7-15-8-5-13/h10H,1-9H2,(H,12,14). The van der Waals surface area contributed by atoms with Crippen molar-refractivity contribution in [1.82, 2.24) is 10.2 Å². The maximum absolute atomic E-state index is 11.4. The molecule has 2 fully saturated rings. The number of ether oxygens (including phenoxy) is 2. The van der Waals surface area contributed by atoms with E-state index in [1.807, 2.05) is 0 Å². The van der Waals surface area contributed by atoms with Gasteiger partial charge in [0.05, 0.1) is 19.8 Å². The average molecular weight is 228 g/mol. The van der Waals surface area contributed by atoms with Crippen LogP contribution in [0.3, 0.4) is 0 Å². The van der Waals surface area contributed by atoms with Crippen LogP contribution >= 0.6 is 0 Å². The van der Waals surface area contributed by atoms with Crippen molar-refractivity contribution in [3.05, 3.63) is 0 Å². The van der Waals surface area contributed by atoms with Crippen molar-refractivity contribution in [2.24, 2.45) is 0 Å². The number of nitrogens with one attached hydrogen (secondary N) is 1. The van der Waals surface area contributed by atoms with Crippen molar-refractivity contribution in [3.63, 3.8) is 0 Å². The minimum Gasteiger partial charge on any atom is -0.379 e. The van der Waals surface area contributed by atoms with Gasteiger partial charge in [-0.25, -0.2) is 0 Å². The molecule has 0 radical (unpaired) electrons. The monoisotopic (exact) mass is 228 g/mol. The maximum atomic E-state index is 11.4. The molecule has 5 nitrogen and oxygen atoms in total. The SMILES string of the molecule is O=C1NCCCC1OCCN1CCOCC1. The number of carbonyl (C=O) groups excluding carboxylic acids is 1. The summed E-state index contributed by atoms with van der Waals surface area (Å²) in [6.07, 6.45) is 1.65. The molecule has 0 aromatic heterocycles. The molecule has 1 atom stereocenters. The third kappa shape index (κ3) is 3.43. The van der Waals surface area contributed by atoms with E-state index >= 15 is 0 Å². The Bertz CT molecular complexity index is 229. The zero-order chi connectivity index (χ0) is 11.2. The lowest BCUT2D eigenvalue weighted by atomic mass is 10.1. The number of morpholine rings is 1. The van der Waals surface area contributed by atoms with Crippen molar-refractivity contribution < 1.29 is 14.3 Å². The van der Waals surface area contributed by atoms with E-state index < -0.39 is 0 Å². The van der Waals surface area contributed by atoms with Gasteiger partial charge < -0.3 is 14.8 Å². The van der Waals surface area contributed by atoms with Crippen LogP contribution in [0.5, 0.6) is 0 Å². The van der Waals surface area contributed by atoms with Crippen molar-refractivity contribution in [3.8, 4) is 0 Å². The highest BCUT2D eigenvalue weighted by Crippen LogP contribution is 2.07. The predicted molar refractivity (Wildman–Crippen MR) is 59.2 cm³/mol. The minimum atomic E-state index is -0.227. The number of nitrogens with zero attached hydrogens (tertiary/aromatic N) is 1. The first-order valence-corrected chi connectivity index (χ1v) is 6.06. The molecular formula is C11H20N2O3. The summed E-state index contributed by atoms with van der Waals surface area (Å²) in [5.41, 5.74) is 0. The van der Waals surface area contributed by atoms with Crippen molar-refractivity contribution in [1.29, 1.82) is 0 Å². The lowest BCUT2D eigenvalue weighted by Crippen LogP contribution is -2.43. The summed E-state index contributed by atoms with van der Waals surface area (Å²) in [6, 6.07) is 0. The molecule has 92 valence electrons. The highest BCUT2D eigenvalue weighted by molar-refractivity contribution is 5.81. The predicted octanol–water partition coefficient (Wildman–Crippen LogP) is -0.386. The van der Waals surface area contributed by atoms with E-state index in [0.717, 1.165) is 52.2 Å². The quantitative estimate of drug-likeness (QED) is 0.712. The van der Waals surface area contributed by atoms with Crippen LogP contribution in [0, 0.1) is 0 Å². The number of hydrogen-bond donors (Lipinski definition) is 1. The summed E-state index contributed by atoms with van der Waals surface area (Å²) in [4.78, 5) is 13.7. The molecule has 5 heteroatoms. The zero-order valence-corrected chi connectivity index (χ0v) is 9.61. The lowest BCUT2D eigenvalue weighted by Gasteiger charge is -2.28. The van der Waals surface area contributed by atoms with Crippen LogP contribution in [-0.4, -0.2) is 62.9 Å². The van der Waals surface area contributed by atoms with Crippen molar-refractivity contribution in [2.45, 2.75) is 18.9 Å². The lowest BCUT2D eigenvalue weighted by molar-refractivity contribution is -0.135. The van der Waals surface area contributed by atoms with Gasteiger partial charge in [-0.2, -0.15) is 0 Å².